The fraction of sp³-hybridized carbons (Fsp3) is 0.500. The Hall–Kier alpha value is -3.06. The van der Waals surface area contributed by atoms with Gasteiger partial charge in [0.1, 0.15) is 5.60 Å². The van der Waals surface area contributed by atoms with Crippen LogP contribution in [0.25, 0.3) is 0 Å². The van der Waals surface area contributed by atoms with E-state index in [0.29, 0.717) is 19.7 Å². The Balaban J connectivity index is 1.39. The molecule has 0 spiro atoms. The van der Waals surface area contributed by atoms with Crippen molar-refractivity contribution in [3.8, 4) is 0 Å². The molecule has 2 aliphatic rings. The van der Waals surface area contributed by atoms with E-state index in [1.54, 1.807) is 23.9 Å². The number of hydrogen-bond acceptors (Lipinski definition) is 5. The highest BCUT2D eigenvalue weighted by atomic mass is 16.6. The molecule has 35 heavy (non-hydrogen) atoms. The van der Waals surface area contributed by atoms with Crippen LogP contribution < -0.4 is 4.90 Å². The van der Waals surface area contributed by atoms with E-state index in [1.165, 1.54) is 11.1 Å². The molecule has 1 fully saturated rings. The summed E-state index contributed by atoms with van der Waals surface area (Å²) < 4.78 is 11.8. The first-order valence-corrected chi connectivity index (χ1v) is 12.3. The van der Waals surface area contributed by atoms with Crippen molar-refractivity contribution in [2.75, 3.05) is 45.2 Å². The average molecular weight is 480 g/mol. The molecule has 7 nitrogen and oxygen atoms in total. The number of nitrogens with zero attached hydrogens (tertiary/aromatic N) is 3. The molecule has 0 saturated carbocycles. The zero-order valence-corrected chi connectivity index (χ0v) is 21.8. The van der Waals surface area contributed by atoms with Crippen molar-refractivity contribution in [3.63, 3.8) is 0 Å². The lowest BCUT2D eigenvalue weighted by atomic mass is 9.92. The minimum Gasteiger partial charge on any atom is -0.444 e. The Morgan fingerprint density at radius 3 is 2.34 bits per heavy atom. The average Bonchev–Trinajstić information content (AvgIpc) is 2.82. The number of ether oxygens (including phenoxy) is 2. The van der Waals surface area contributed by atoms with Gasteiger partial charge < -0.3 is 24.2 Å². The van der Waals surface area contributed by atoms with Gasteiger partial charge in [-0.25, -0.2) is 4.79 Å². The van der Waals surface area contributed by atoms with Gasteiger partial charge >= 0.3 is 6.09 Å². The Labute approximate surface area is 208 Å². The van der Waals surface area contributed by atoms with Crippen LogP contribution in [0.2, 0.25) is 0 Å². The summed E-state index contributed by atoms with van der Waals surface area (Å²) in [4.78, 5) is 30.4. The molecule has 2 amide bonds. The highest BCUT2D eigenvalue weighted by Crippen LogP contribution is 2.33. The maximum Gasteiger partial charge on any atom is 0.410 e. The monoisotopic (exact) mass is 479 g/mol. The molecule has 4 rings (SSSR count). The van der Waals surface area contributed by atoms with Gasteiger partial charge in [-0.3, -0.25) is 4.79 Å². The number of rotatable bonds is 3. The summed E-state index contributed by atoms with van der Waals surface area (Å²) in [6.07, 6.45) is 0.548. The van der Waals surface area contributed by atoms with Crippen molar-refractivity contribution >= 4 is 17.7 Å². The van der Waals surface area contributed by atoms with E-state index >= 15 is 0 Å². The van der Waals surface area contributed by atoms with Crippen LogP contribution in [-0.2, 0) is 22.5 Å². The third-order valence-corrected chi connectivity index (χ3v) is 6.59. The van der Waals surface area contributed by atoms with E-state index in [2.05, 4.69) is 29.2 Å². The standard InChI is InChI=1S/C28H37N3O4/c1-19-15-21(8-10-24(19)26(32)29(5)6)25-17-20-7-9-23(16-22(20)18-34-25)30-11-13-31(14-12-30)27(33)35-28(2,3)4/h7-10,15-16,25H,11-14,17-18H2,1-6H3. The van der Waals surface area contributed by atoms with Crippen molar-refractivity contribution in [1.82, 2.24) is 9.80 Å². The van der Waals surface area contributed by atoms with E-state index in [0.717, 1.165) is 41.9 Å². The Morgan fingerprint density at radius 1 is 1.00 bits per heavy atom. The summed E-state index contributed by atoms with van der Waals surface area (Å²) in [5.41, 5.74) is 5.99. The first-order valence-electron chi connectivity index (χ1n) is 12.3. The molecule has 188 valence electrons. The predicted molar refractivity (Wildman–Crippen MR) is 137 cm³/mol. The van der Waals surface area contributed by atoms with Crippen LogP contribution in [0.3, 0.4) is 0 Å². The molecule has 0 aliphatic carbocycles. The number of hydrogen-bond donors (Lipinski definition) is 0. The van der Waals surface area contributed by atoms with Crippen LogP contribution in [0.1, 0.15) is 59.5 Å². The van der Waals surface area contributed by atoms with Crippen molar-refractivity contribution in [2.24, 2.45) is 0 Å². The second kappa shape index (κ2) is 9.90. The van der Waals surface area contributed by atoms with E-state index in [-0.39, 0.29) is 18.1 Å². The summed E-state index contributed by atoms with van der Waals surface area (Å²) in [6.45, 7) is 11.1. The van der Waals surface area contributed by atoms with E-state index in [9.17, 15) is 9.59 Å². The van der Waals surface area contributed by atoms with E-state index in [1.807, 2.05) is 39.8 Å². The lowest BCUT2D eigenvalue weighted by Gasteiger charge is -2.37. The summed E-state index contributed by atoms with van der Waals surface area (Å²) >= 11 is 0. The molecule has 0 radical (unpaired) electrons. The molecule has 0 aromatic heterocycles. The third-order valence-electron chi connectivity index (χ3n) is 6.59. The van der Waals surface area contributed by atoms with Gasteiger partial charge in [-0.15, -0.1) is 0 Å². The number of carbonyl (C=O) groups is 2. The molecule has 2 aliphatic heterocycles. The topological polar surface area (TPSA) is 62.3 Å². The lowest BCUT2D eigenvalue weighted by Crippen LogP contribution is -2.50. The van der Waals surface area contributed by atoms with Crippen LogP contribution in [-0.4, -0.2) is 67.7 Å². The molecule has 1 atom stereocenters. The number of anilines is 1. The molecular weight excluding hydrogens is 442 g/mol. The van der Waals surface area contributed by atoms with Gasteiger partial charge in [0.2, 0.25) is 0 Å². The number of benzene rings is 2. The van der Waals surface area contributed by atoms with Gasteiger partial charge in [0.05, 0.1) is 12.7 Å². The maximum atomic E-state index is 12.4. The van der Waals surface area contributed by atoms with Crippen molar-refractivity contribution < 1.29 is 19.1 Å². The van der Waals surface area contributed by atoms with Crippen LogP contribution in [0.5, 0.6) is 0 Å². The Kier molecular flexibility index (Phi) is 7.08. The molecule has 0 N–H and O–H groups in total. The zero-order valence-electron chi connectivity index (χ0n) is 21.8. The zero-order chi connectivity index (χ0) is 25.3. The largest absolute Gasteiger partial charge is 0.444 e. The predicted octanol–water partition coefficient (Wildman–Crippen LogP) is 4.57. The second-order valence-corrected chi connectivity index (χ2v) is 10.7. The minimum atomic E-state index is -0.477. The van der Waals surface area contributed by atoms with Gasteiger partial charge in [0.15, 0.2) is 0 Å². The highest BCUT2D eigenvalue weighted by Gasteiger charge is 2.27. The molecular formula is C28H37N3O4. The van der Waals surface area contributed by atoms with Crippen LogP contribution >= 0.6 is 0 Å². The summed E-state index contributed by atoms with van der Waals surface area (Å²) in [5, 5.41) is 0. The van der Waals surface area contributed by atoms with E-state index in [4.69, 9.17) is 9.47 Å². The fourth-order valence-corrected chi connectivity index (χ4v) is 4.65. The maximum absolute atomic E-state index is 12.4. The molecule has 1 unspecified atom stereocenters. The SMILES string of the molecule is Cc1cc(C2Cc3ccc(N4CCN(C(=O)OC(C)(C)C)CC4)cc3CO2)ccc1C(=O)N(C)C. The molecule has 2 aromatic rings. The van der Waals surface area contributed by atoms with Gasteiger partial charge in [-0.2, -0.15) is 0 Å². The molecule has 2 aromatic carbocycles. The van der Waals surface area contributed by atoms with Crippen LogP contribution in [0, 0.1) is 6.92 Å². The number of carbonyl (C=O) groups excluding carboxylic acids is 2. The van der Waals surface area contributed by atoms with Gasteiger partial charge in [-0.1, -0.05) is 18.2 Å². The van der Waals surface area contributed by atoms with E-state index < -0.39 is 5.60 Å². The van der Waals surface area contributed by atoms with Gasteiger partial charge in [-0.05, 0) is 68.1 Å². The molecule has 0 bridgehead atoms. The number of amides is 2. The first-order chi connectivity index (χ1) is 16.5. The van der Waals surface area contributed by atoms with Gasteiger partial charge in [0.25, 0.3) is 5.91 Å². The van der Waals surface area contributed by atoms with Crippen LogP contribution in [0.4, 0.5) is 10.5 Å². The normalized spacial score (nSPS) is 18.2. The highest BCUT2D eigenvalue weighted by molar-refractivity contribution is 5.95. The van der Waals surface area contributed by atoms with Crippen LogP contribution in [0.15, 0.2) is 36.4 Å². The lowest BCUT2D eigenvalue weighted by molar-refractivity contribution is 0.0240. The van der Waals surface area contributed by atoms with Crippen molar-refractivity contribution in [1.29, 1.82) is 0 Å². The first kappa shape index (κ1) is 25.0. The Bertz CT molecular complexity index is 1100. The molecule has 2 heterocycles. The van der Waals surface area contributed by atoms with Crippen molar-refractivity contribution in [3.05, 3.63) is 64.2 Å². The number of piperazine rings is 1. The number of aryl methyl sites for hydroxylation is 1. The number of fused-ring (bicyclic) bond motifs is 1. The van der Waals surface area contributed by atoms with Gasteiger partial charge in [0, 0.05) is 57.9 Å². The minimum absolute atomic E-state index is 0.0171. The third kappa shape index (κ3) is 5.78. The fourth-order valence-electron chi connectivity index (χ4n) is 4.65. The summed E-state index contributed by atoms with van der Waals surface area (Å²) in [5.74, 6) is 0.0171. The summed E-state index contributed by atoms with van der Waals surface area (Å²) in [7, 11) is 3.54. The molecule has 1 saturated heterocycles. The molecule has 7 heteroatoms. The quantitative estimate of drug-likeness (QED) is 0.646. The second-order valence-electron chi connectivity index (χ2n) is 10.7. The summed E-state index contributed by atoms with van der Waals surface area (Å²) in [6, 6.07) is 12.6. The Morgan fingerprint density at radius 2 is 1.71 bits per heavy atom. The smallest absolute Gasteiger partial charge is 0.410 e. The van der Waals surface area contributed by atoms with Crippen molar-refractivity contribution in [2.45, 2.75) is 52.4 Å².